The maximum atomic E-state index is 13.9. The van der Waals surface area contributed by atoms with Gasteiger partial charge in [-0.1, -0.05) is 0 Å². The minimum Gasteiger partial charge on any atom is -0.207 e. The van der Waals surface area contributed by atoms with Crippen LogP contribution >= 0.6 is 11.6 Å². The number of hydrogen-bond acceptors (Lipinski definition) is 2. The number of benzene rings is 1. The molecule has 1 aliphatic carbocycles. The van der Waals surface area contributed by atoms with E-state index in [0.717, 1.165) is 31.4 Å². The highest BCUT2D eigenvalue weighted by Crippen LogP contribution is 2.41. The van der Waals surface area contributed by atoms with E-state index in [1.807, 2.05) is 0 Å². The molecule has 0 amide bonds. The SMILES string of the molecule is O=S(=O)(c1cc(CCl)cc(F)c1F)N1CC2CCC1C2. The van der Waals surface area contributed by atoms with E-state index in [0.29, 0.717) is 12.5 Å². The molecule has 1 heterocycles. The summed E-state index contributed by atoms with van der Waals surface area (Å²) < 4.78 is 53.8. The summed E-state index contributed by atoms with van der Waals surface area (Å²) >= 11 is 5.60. The Morgan fingerprint density at radius 1 is 1.30 bits per heavy atom. The highest BCUT2D eigenvalue weighted by Gasteiger charge is 2.45. The number of halogens is 3. The van der Waals surface area contributed by atoms with Gasteiger partial charge in [-0.05, 0) is 42.9 Å². The fraction of sp³-hybridized carbons (Fsp3) is 0.538. The first-order chi connectivity index (χ1) is 9.43. The van der Waals surface area contributed by atoms with Crippen molar-refractivity contribution >= 4 is 21.6 Å². The first kappa shape index (κ1) is 14.2. The van der Waals surface area contributed by atoms with Gasteiger partial charge in [0.2, 0.25) is 10.0 Å². The Kier molecular flexibility index (Phi) is 3.51. The minimum atomic E-state index is -4.00. The summed E-state index contributed by atoms with van der Waals surface area (Å²) in [6.07, 6.45) is 2.62. The maximum Gasteiger partial charge on any atom is 0.246 e. The van der Waals surface area contributed by atoms with Crippen molar-refractivity contribution in [3.63, 3.8) is 0 Å². The molecular formula is C13H14ClF2NO2S. The molecule has 2 atom stereocenters. The van der Waals surface area contributed by atoms with E-state index in [9.17, 15) is 17.2 Å². The number of sulfonamides is 1. The van der Waals surface area contributed by atoms with Crippen LogP contribution in [0.25, 0.3) is 0 Å². The molecule has 1 aliphatic heterocycles. The average Bonchev–Trinajstić information content (AvgIpc) is 3.04. The second-order valence-corrected chi connectivity index (χ2v) is 7.56. The van der Waals surface area contributed by atoms with E-state index in [1.54, 1.807) is 0 Å². The third-order valence-electron chi connectivity index (χ3n) is 4.15. The standard InChI is InChI=1S/C13H14ClF2NO2S/c14-6-9-4-11(15)13(16)12(5-9)20(18,19)17-7-8-1-2-10(17)3-8/h4-5,8,10H,1-3,6-7H2. The van der Waals surface area contributed by atoms with Gasteiger partial charge >= 0.3 is 0 Å². The summed E-state index contributed by atoms with van der Waals surface area (Å²) in [6.45, 7) is 0.402. The first-order valence-electron chi connectivity index (χ1n) is 6.49. The van der Waals surface area contributed by atoms with Crippen LogP contribution in [0, 0.1) is 17.6 Å². The molecule has 1 saturated carbocycles. The molecule has 2 bridgehead atoms. The number of fused-ring (bicyclic) bond motifs is 2. The van der Waals surface area contributed by atoms with Crippen molar-refractivity contribution in [1.82, 2.24) is 4.31 Å². The highest BCUT2D eigenvalue weighted by molar-refractivity contribution is 7.89. The van der Waals surface area contributed by atoms with Crippen LogP contribution in [0.1, 0.15) is 24.8 Å². The van der Waals surface area contributed by atoms with Crippen LogP contribution in [0.4, 0.5) is 8.78 Å². The largest absolute Gasteiger partial charge is 0.246 e. The second-order valence-electron chi connectivity index (χ2n) is 5.43. The molecular weight excluding hydrogens is 308 g/mol. The van der Waals surface area contributed by atoms with Crippen molar-refractivity contribution in [2.75, 3.05) is 6.54 Å². The third kappa shape index (κ3) is 2.14. The van der Waals surface area contributed by atoms with Crippen molar-refractivity contribution in [2.24, 2.45) is 5.92 Å². The zero-order valence-corrected chi connectivity index (χ0v) is 12.2. The lowest BCUT2D eigenvalue weighted by Gasteiger charge is -2.26. The summed E-state index contributed by atoms with van der Waals surface area (Å²) in [7, 11) is -4.00. The molecule has 0 spiro atoms. The fourth-order valence-electron chi connectivity index (χ4n) is 3.18. The van der Waals surface area contributed by atoms with Crippen LogP contribution in [0.3, 0.4) is 0 Å². The van der Waals surface area contributed by atoms with E-state index in [1.165, 1.54) is 4.31 Å². The van der Waals surface area contributed by atoms with Crippen LogP contribution in [-0.2, 0) is 15.9 Å². The second kappa shape index (κ2) is 4.93. The Bertz CT molecular complexity index is 650. The van der Waals surface area contributed by atoms with Crippen LogP contribution < -0.4 is 0 Å². The molecule has 110 valence electrons. The van der Waals surface area contributed by atoms with E-state index < -0.39 is 26.6 Å². The Balaban J connectivity index is 2.05. The number of alkyl halides is 1. The van der Waals surface area contributed by atoms with Gasteiger partial charge < -0.3 is 0 Å². The van der Waals surface area contributed by atoms with Crippen molar-refractivity contribution in [1.29, 1.82) is 0 Å². The summed E-state index contributed by atoms with van der Waals surface area (Å²) in [4.78, 5) is -0.597. The zero-order chi connectivity index (χ0) is 14.5. The molecule has 2 fully saturated rings. The van der Waals surface area contributed by atoms with Gasteiger partial charge in [0, 0.05) is 18.5 Å². The molecule has 0 radical (unpaired) electrons. The quantitative estimate of drug-likeness (QED) is 0.803. The van der Waals surface area contributed by atoms with E-state index in [2.05, 4.69) is 0 Å². The molecule has 0 aromatic heterocycles. The number of rotatable bonds is 3. The molecule has 1 aromatic carbocycles. The normalized spacial score (nSPS) is 26.4. The number of piperidine rings is 1. The van der Waals surface area contributed by atoms with Crippen LogP contribution in [-0.4, -0.2) is 25.3 Å². The van der Waals surface area contributed by atoms with Gasteiger partial charge in [-0.2, -0.15) is 4.31 Å². The van der Waals surface area contributed by atoms with Gasteiger partial charge in [0.05, 0.1) is 0 Å². The number of hydrogen-bond donors (Lipinski definition) is 0. The summed E-state index contributed by atoms with van der Waals surface area (Å²) in [5.74, 6) is -2.21. The zero-order valence-electron chi connectivity index (χ0n) is 10.7. The van der Waals surface area contributed by atoms with Crippen LogP contribution in [0.15, 0.2) is 17.0 Å². The fourth-order valence-corrected chi connectivity index (χ4v) is 5.20. The van der Waals surface area contributed by atoms with Crippen molar-refractivity contribution in [3.05, 3.63) is 29.3 Å². The molecule has 7 heteroatoms. The van der Waals surface area contributed by atoms with Crippen LogP contribution in [0.2, 0.25) is 0 Å². The lowest BCUT2D eigenvalue weighted by atomic mass is 10.1. The maximum absolute atomic E-state index is 13.9. The molecule has 1 aromatic rings. The molecule has 2 unspecified atom stereocenters. The van der Waals surface area contributed by atoms with E-state index in [4.69, 9.17) is 11.6 Å². The van der Waals surface area contributed by atoms with Crippen molar-refractivity contribution in [3.8, 4) is 0 Å². The Labute approximate surface area is 121 Å². The van der Waals surface area contributed by atoms with Gasteiger partial charge in [0.1, 0.15) is 4.90 Å². The Morgan fingerprint density at radius 2 is 2.05 bits per heavy atom. The van der Waals surface area contributed by atoms with Gasteiger partial charge in [0.15, 0.2) is 11.6 Å². The van der Waals surface area contributed by atoms with Gasteiger partial charge in [-0.25, -0.2) is 17.2 Å². The predicted octanol–water partition coefficient (Wildman–Crippen LogP) is 2.88. The van der Waals surface area contributed by atoms with Gasteiger partial charge in [0.25, 0.3) is 0 Å². The minimum absolute atomic E-state index is 0.0637. The van der Waals surface area contributed by atoms with E-state index >= 15 is 0 Å². The third-order valence-corrected chi connectivity index (χ3v) is 6.38. The summed E-state index contributed by atoms with van der Waals surface area (Å²) in [6, 6.07) is 1.98. The monoisotopic (exact) mass is 321 g/mol. The van der Waals surface area contributed by atoms with E-state index in [-0.39, 0.29) is 17.5 Å². The summed E-state index contributed by atoms with van der Waals surface area (Å²) in [5.41, 5.74) is 0.258. The Hall–Kier alpha value is -0.720. The van der Waals surface area contributed by atoms with Gasteiger partial charge in [-0.3, -0.25) is 0 Å². The molecule has 3 nitrogen and oxygen atoms in total. The summed E-state index contributed by atoms with van der Waals surface area (Å²) in [5, 5.41) is 0. The van der Waals surface area contributed by atoms with Crippen molar-refractivity contribution in [2.45, 2.75) is 36.1 Å². The van der Waals surface area contributed by atoms with Gasteiger partial charge in [-0.15, -0.1) is 11.6 Å². The lowest BCUT2D eigenvalue weighted by molar-refractivity contribution is 0.331. The highest BCUT2D eigenvalue weighted by atomic mass is 35.5. The Morgan fingerprint density at radius 3 is 2.60 bits per heavy atom. The number of nitrogens with zero attached hydrogens (tertiary/aromatic N) is 1. The molecule has 20 heavy (non-hydrogen) atoms. The molecule has 0 N–H and O–H groups in total. The predicted molar refractivity (Wildman–Crippen MR) is 70.9 cm³/mol. The molecule has 1 saturated heterocycles. The van der Waals surface area contributed by atoms with Crippen LogP contribution in [0.5, 0.6) is 0 Å². The first-order valence-corrected chi connectivity index (χ1v) is 8.46. The molecule has 2 aliphatic rings. The molecule has 3 rings (SSSR count). The average molecular weight is 322 g/mol. The van der Waals surface area contributed by atoms with Crippen molar-refractivity contribution < 1.29 is 17.2 Å². The smallest absolute Gasteiger partial charge is 0.207 e. The topological polar surface area (TPSA) is 37.4 Å². The lowest BCUT2D eigenvalue weighted by Crippen LogP contribution is -2.38.